The Morgan fingerprint density at radius 3 is 2.28 bits per heavy atom. The first-order valence-corrected chi connectivity index (χ1v) is 14.6. The molecule has 0 bridgehead atoms. The molecule has 3 aromatic carbocycles. The Morgan fingerprint density at radius 1 is 1.00 bits per heavy atom. The fraction of sp³-hybridized carbons (Fsp3) is 0.310. The first kappa shape index (κ1) is 30.1. The minimum atomic E-state index is -4.26. The molecule has 0 radical (unpaired) electrons. The third-order valence-corrected chi connectivity index (χ3v) is 8.42. The molecule has 208 valence electrons. The fourth-order valence-corrected chi connectivity index (χ4v) is 5.75. The second-order valence-electron chi connectivity index (χ2n) is 9.09. The predicted molar refractivity (Wildman–Crippen MR) is 151 cm³/mol. The number of sulfonamides is 1. The van der Waals surface area contributed by atoms with Crippen LogP contribution < -0.4 is 9.62 Å². The van der Waals surface area contributed by atoms with Gasteiger partial charge in [-0.25, -0.2) is 12.8 Å². The maximum Gasteiger partial charge on any atom is 0.264 e. The molecule has 10 heteroatoms. The summed E-state index contributed by atoms with van der Waals surface area (Å²) in [6.07, 6.45) is 1.04. The van der Waals surface area contributed by atoms with E-state index in [4.69, 9.17) is 11.6 Å². The van der Waals surface area contributed by atoms with E-state index in [1.54, 1.807) is 25.1 Å². The van der Waals surface area contributed by atoms with Gasteiger partial charge in [0.2, 0.25) is 11.8 Å². The molecule has 0 aliphatic carbocycles. The molecule has 2 amide bonds. The molecule has 7 nitrogen and oxygen atoms in total. The summed E-state index contributed by atoms with van der Waals surface area (Å²) in [5.41, 5.74) is 1.78. The van der Waals surface area contributed by atoms with E-state index in [1.165, 1.54) is 29.2 Å². The van der Waals surface area contributed by atoms with Gasteiger partial charge in [-0.3, -0.25) is 13.9 Å². The van der Waals surface area contributed by atoms with Crippen molar-refractivity contribution in [2.45, 2.75) is 51.1 Å². The molecule has 3 aromatic rings. The molecule has 0 aliphatic rings. The van der Waals surface area contributed by atoms with Crippen LogP contribution in [-0.2, 0) is 26.2 Å². The highest BCUT2D eigenvalue weighted by Gasteiger charge is 2.34. The molecule has 0 fully saturated rings. The zero-order valence-electron chi connectivity index (χ0n) is 22.2. The van der Waals surface area contributed by atoms with Gasteiger partial charge < -0.3 is 10.2 Å². The van der Waals surface area contributed by atoms with Crippen molar-refractivity contribution < 1.29 is 22.4 Å². The zero-order chi connectivity index (χ0) is 28.6. The predicted octanol–water partition coefficient (Wildman–Crippen LogP) is 5.32. The van der Waals surface area contributed by atoms with Crippen LogP contribution in [0.5, 0.6) is 0 Å². The minimum Gasteiger partial charge on any atom is -0.354 e. The molecule has 39 heavy (non-hydrogen) atoms. The Morgan fingerprint density at radius 2 is 1.67 bits per heavy atom. The molecule has 3 rings (SSSR count). The van der Waals surface area contributed by atoms with Crippen molar-refractivity contribution in [1.29, 1.82) is 0 Å². The maximum atomic E-state index is 14.0. The highest BCUT2D eigenvalue weighted by atomic mass is 35.5. The normalized spacial score (nSPS) is 12.0. The van der Waals surface area contributed by atoms with E-state index in [0.717, 1.165) is 27.9 Å². The van der Waals surface area contributed by atoms with Crippen molar-refractivity contribution in [3.05, 3.63) is 94.8 Å². The van der Waals surface area contributed by atoms with Gasteiger partial charge in [0.05, 0.1) is 15.6 Å². The van der Waals surface area contributed by atoms with Crippen LogP contribution in [0.15, 0.2) is 77.7 Å². The van der Waals surface area contributed by atoms with Crippen LogP contribution in [0.25, 0.3) is 0 Å². The summed E-state index contributed by atoms with van der Waals surface area (Å²) < 4.78 is 42.4. The molecular formula is C29H33ClFN3O4S. The van der Waals surface area contributed by atoms with E-state index in [-0.39, 0.29) is 28.1 Å². The quantitative estimate of drug-likeness (QED) is 0.318. The summed E-state index contributed by atoms with van der Waals surface area (Å²) in [7, 11) is -4.26. The molecule has 0 spiro atoms. The van der Waals surface area contributed by atoms with Crippen molar-refractivity contribution in [2.24, 2.45) is 0 Å². The molecule has 0 heterocycles. The number of hydrogen-bond donors (Lipinski definition) is 1. The lowest BCUT2D eigenvalue weighted by Crippen LogP contribution is -2.52. The van der Waals surface area contributed by atoms with Gasteiger partial charge in [-0.1, -0.05) is 67.9 Å². The minimum absolute atomic E-state index is 0.0259. The smallest absolute Gasteiger partial charge is 0.264 e. The topological polar surface area (TPSA) is 86.8 Å². The van der Waals surface area contributed by atoms with Gasteiger partial charge in [0.1, 0.15) is 18.4 Å². The molecule has 0 saturated heterocycles. The van der Waals surface area contributed by atoms with Crippen molar-refractivity contribution in [1.82, 2.24) is 10.2 Å². The number of aryl methyl sites for hydroxylation is 1. The first-order valence-electron chi connectivity index (χ1n) is 12.7. The average molecular weight is 574 g/mol. The summed E-state index contributed by atoms with van der Waals surface area (Å²) in [5.74, 6) is -1.62. The Labute approximate surface area is 234 Å². The van der Waals surface area contributed by atoms with Gasteiger partial charge in [0.25, 0.3) is 10.0 Å². The second kappa shape index (κ2) is 13.6. The van der Waals surface area contributed by atoms with Crippen LogP contribution in [0.3, 0.4) is 0 Å². The van der Waals surface area contributed by atoms with E-state index in [0.29, 0.717) is 13.0 Å². The molecule has 0 aromatic heterocycles. The number of carbonyl (C=O) groups excluding carboxylic acids is 2. The molecule has 0 unspecified atom stereocenters. The van der Waals surface area contributed by atoms with Gasteiger partial charge in [0, 0.05) is 13.1 Å². The SMILES string of the molecule is CCCNC(=O)[C@@H](CC)N(Cc1ccccc1C)C(=O)CN(c1ccc(F)c(Cl)c1)S(=O)(=O)c1ccccc1. The summed E-state index contributed by atoms with van der Waals surface area (Å²) in [6, 6.07) is 17.8. The van der Waals surface area contributed by atoms with Crippen LogP contribution in [-0.4, -0.2) is 44.3 Å². The number of carbonyl (C=O) groups is 2. The van der Waals surface area contributed by atoms with Crippen molar-refractivity contribution >= 4 is 39.1 Å². The zero-order valence-corrected chi connectivity index (χ0v) is 23.8. The lowest BCUT2D eigenvalue weighted by molar-refractivity contribution is -0.140. The Kier molecular flexibility index (Phi) is 10.5. The highest BCUT2D eigenvalue weighted by Crippen LogP contribution is 2.28. The third kappa shape index (κ3) is 7.36. The number of nitrogens with one attached hydrogen (secondary N) is 1. The van der Waals surface area contributed by atoms with Crippen molar-refractivity contribution in [3.8, 4) is 0 Å². The van der Waals surface area contributed by atoms with Gasteiger partial charge >= 0.3 is 0 Å². The summed E-state index contributed by atoms with van der Waals surface area (Å²) in [4.78, 5) is 28.5. The second-order valence-corrected chi connectivity index (χ2v) is 11.4. The first-order chi connectivity index (χ1) is 18.6. The van der Waals surface area contributed by atoms with Crippen LogP contribution in [0.4, 0.5) is 10.1 Å². The lowest BCUT2D eigenvalue weighted by Gasteiger charge is -2.33. The molecule has 0 aliphatic heterocycles. The average Bonchev–Trinajstić information content (AvgIpc) is 2.93. The van der Waals surface area contributed by atoms with Gasteiger partial charge in [-0.2, -0.15) is 0 Å². The van der Waals surface area contributed by atoms with E-state index in [2.05, 4.69) is 5.32 Å². The fourth-order valence-electron chi connectivity index (χ4n) is 4.15. The van der Waals surface area contributed by atoms with Crippen LogP contribution in [0, 0.1) is 12.7 Å². The monoisotopic (exact) mass is 573 g/mol. The summed E-state index contributed by atoms with van der Waals surface area (Å²) >= 11 is 6.00. The van der Waals surface area contributed by atoms with Crippen molar-refractivity contribution in [2.75, 3.05) is 17.4 Å². The Balaban J connectivity index is 2.07. The van der Waals surface area contributed by atoms with Crippen LogP contribution >= 0.6 is 11.6 Å². The molecule has 1 N–H and O–H groups in total. The van der Waals surface area contributed by atoms with Gasteiger partial charge in [0.15, 0.2) is 0 Å². The van der Waals surface area contributed by atoms with E-state index in [1.807, 2.05) is 38.1 Å². The number of nitrogens with zero attached hydrogens (tertiary/aromatic N) is 2. The van der Waals surface area contributed by atoms with E-state index >= 15 is 0 Å². The van der Waals surface area contributed by atoms with Crippen LogP contribution in [0.2, 0.25) is 5.02 Å². The van der Waals surface area contributed by atoms with Crippen molar-refractivity contribution in [3.63, 3.8) is 0 Å². The maximum absolute atomic E-state index is 14.0. The summed E-state index contributed by atoms with van der Waals surface area (Å²) in [6.45, 7) is 5.56. The largest absolute Gasteiger partial charge is 0.354 e. The van der Waals surface area contributed by atoms with E-state index < -0.39 is 34.3 Å². The molecule has 0 saturated carbocycles. The number of amides is 2. The number of halogens is 2. The van der Waals surface area contributed by atoms with E-state index in [9.17, 15) is 22.4 Å². The number of rotatable bonds is 12. The van der Waals surface area contributed by atoms with Gasteiger partial charge in [-0.05, 0) is 61.2 Å². The molecular weight excluding hydrogens is 541 g/mol. The third-order valence-electron chi connectivity index (χ3n) is 6.34. The van der Waals surface area contributed by atoms with Gasteiger partial charge in [-0.15, -0.1) is 0 Å². The number of hydrogen-bond acceptors (Lipinski definition) is 4. The number of benzene rings is 3. The summed E-state index contributed by atoms with van der Waals surface area (Å²) in [5, 5.41) is 2.57. The Bertz CT molecular complexity index is 1400. The van der Waals surface area contributed by atoms with Crippen LogP contribution in [0.1, 0.15) is 37.8 Å². The number of anilines is 1. The standard InChI is InChI=1S/C29H33ClFN3O4S/c1-4-17-32-29(36)27(5-2)33(19-22-12-10-9-11-21(22)3)28(35)20-34(23-15-16-26(31)25(30)18-23)39(37,38)24-13-7-6-8-14-24/h6-16,18,27H,4-5,17,19-20H2,1-3H3,(H,32,36)/t27-/m1/s1. The Hall–Kier alpha value is -3.43. The lowest BCUT2D eigenvalue weighted by atomic mass is 10.1. The molecule has 1 atom stereocenters. The highest BCUT2D eigenvalue weighted by molar-refractivity contribution is 7.92.